The summed E-state index contributed by atoms with van der Waals surface area (Å²) in [5, 5.41) is 7.10. The van der Waals surface area contributed by atoms with Crippen LogP contribution in [0, 0.1) is 5.82 Å². The summed E-state index contributed by atoms with van der Waals surface area (Å²) in [4.78, 5) is 41.0. The molecule has 10 heteroatoms. The van der Waals surface area contributed by atoms with Crippen LogP contribution in [0.2, 0.25) is 0 Å². The number of fused-ring (bicyclic) bond motifs is 1. The topological polar surface area (TPSA) is 103 Å². The summed E-state index contributed by atoms with van der Waals surface area (Å²) in [7, 11) is 1.53. The Bertz CT molecular complexity index is 1290. The molecule has 0 saturated heterocycles. The van der Waals surface area contributed by atoms with Crippen LogP contribution < -0.4 is 10.1 Å². The van der Waals surface area contributed by atoms with Crippen LogP contribution in [-0.4, -0.2) is 51.7 Å². The van der Waals surface area contributed by atoms with Crippen molar-refractivity contribution in [2.75, 3.05) is 13.7 Å². The van der Waals surface area contributed by atoms with Gasteiger partial charge < -0.3 is 19.7 Å². The number of rotatable bonds is 8. The zero-order valence-electron chi connectivity index (χ0n) is 20.3. The van der Waals surface area contributed by atoms with Gasteiger partial charge in [-0.05, 0) is 37.6 Å². The monoisotopic (exact) mass is 494 g/mol. The number of aromatic nitrogens is 2. The van der Waals surface area contributed by atoms with Crippen LogP contribution in [0.5, 0.6) is 5.75 Å². The van der Waals surface area contributed by atoms with Gasteiger partial charge in [0.2, 0.25) is 5.91 Å². The van der Waals surface area contributed by atoms with Gasteiger partial charge in [0.15, 0.2) is 5.69 Å². The van der Waals surface area contributed by atoms with E-state index >= 15 is 0 Å². The molecule has 0 radical (unpaired) electrons. The first-order chi connectivity index (χ1) is 17.3. The van der Waals surface area contributed by atoms with Crippen molar-refractivity contribution in [3.63, 3.8) is 0 Å². The molecule has 1 unspecified atom stereocenters. The standard InChI is InChI=1S/C26H27FN4O5/c1-4-36-24(33)20-13-21-23(32)30(15-18-7-5-6-8-22(18)35-3)26(2,16-31(21)29-20)25(34)28-14-17-9-11-19(27)12-10-17/h5-13H,4,14-16H2,1-3H3,(H,28,34). The molecular weight excluding hydrogens is 467 g/mol. The van der Waals surface area contributed by atoms with E-state index in [1.807, 2.05) is 18.2 Å². The van der Waals surface area contributed by atoms with Crippen molar-refractivity contribution in [2.45, 2.75) is 39.0 Å². The first kappa shape index (κ1) is 24.9. The number of halogens is 1. The summed E-state index contributed by atoms with van der Waals surface area (Å²) >= 11 is 0. The average Bonchev–Trinajstić information content (AvgIpc) is 3.30. The van der Waals surface area contributed by atoms with Gasteiger partial charge in [0, 0.05) is 18.2 Å². The highest BCUT2D eigenvalue weighted by Gasteiger charge is 2.48. The lowest BCUT2D eigenvalue weighted by atomic mass is 9.93. The van der Waals surface area contributed by atoms with E-state index in [1.165, 1.54) is 34.9 Å². The molecule has 0 bridgehead atoms. The molecular formula is C26H27FN4O5. The number of benzene rings is 2. The van der Waals surface area contributed by atoms with Crippen LogP contribution in [0.25, 0.3) is 0 Å². The highest BCUT2D eigenvalue weighted by atomic mass is 19.1. The Balaban J connectivity index is 1.69. The smallest absolute Gasteiger partial charge is 0.358 e. The van der Waals surface area contributed by atoms with Crippen molar-refractivity contribution >= 4 is 17.8 Å². The van der Waals surface area contributed by atoms with E-state index in [0.29, 0.717) is 16.9 Å². The average molecular weight is 495 g/mol. The number of nitrogens with one attached hydrogen (secondary N) is 1. The molecule has 1 aliphatic heterocycles. The van der Waals surface area contributed by atoms with E-state index in [9.17, 15) is 18.8 Å². The number of amides is 2. The van der Waals surface area contributed by atoms with Gasteiger partial charge in [0.1, 0.15) is 22.8 Å². The van der Waals surface area contributed by atoms with E-state index in [2.05, 4.69) is 10.4 Å². The molecule has 0 saturated carbocycles. The van der Waals surface area contributed by atoms with Gasteiger partial charge >= 0.3 is 5.97 Å². The third-order valence-corrected chi connectivity index (χ3v) is 6.16. The maximum atomic E-state index is 13.7. The van der Waals surface area contributed by atoms with Crippen LogP contribution in [-0.2, 0) is 29.2 Å². The minimum Gasteiger partial charge on any atom is -0.496 e. The minimum absolute atomic E-state index is 0.00610. The van der Waals surface area contributed by atoms with Crippen molar-refractivity contribution in [2.24, 2.45) is 0 Å². The largest absolute Gasteiger partial charge is 0.496 e. The molecule has 1 aromatic heterocycles. The van der Waals surface area contributed by atoms with E-state index in [1.54, 1.807) is 32.0 Å². The lowest BCUT2D eigenvalue weighted by Gasteiger charge is -2.43. The van der Waals surface area contributed by atoms with Crippen LogP contribution in [0.3, 0.4) is 0 Å². The molecule has 0 fully saturated rings. The Labute approximate surface area is 207 Å². The predicted octanol–water partition coefficient (Wildman–Crippen LogP) is 2.94. The summed E-state index contributed by atoms with van der Waals surface area (Å²) in [6.07, 6.45) is 0. The fourth-order valence-corrected chi connectivity index (χ4v) is 4.17. The summed E-state index contributed by atoms with van der Waals surface area (Å²) in [6, 6.07) is 14.4. The lowest BCUT2D eigenvalue weighted by Crippen LogP contribution is -2.63. The Morgan fingerprint density at radius 2 is 1.89 bits per heavy atom. The molecule has 0 spiro atoms. The van der Waals surface area contributed by atoms with Gasteiger partial charge in [-0.25, -0.2) is 9.18 Å². The van der Waals surface area contributed by atoms with E-state index < -0.39 is 23.3 Å². The summed E-state index contributed by atoms with van der Waals surface area (Å²) in [6.45, 7) is 3.73. The number of nitrogens with zero attached hydrogens (tertiary/aromatic N) is 3. The van der Waals surface area contributed by atoms with Crippen LogP contribution >= 0.6 is 0 Å². The summed E-state index contributed by atoms with van der Waals surface area (Å²) in [5.41, 5.74) is 0.230. The first-order valence-electron chi connectivity index (χ1n) is 11.5. The number of hydrogen-bond donors (Lipinski definition) is 1. The van der Waals surface area contributed by atoms with E-state index in [4.69, 9.17) is 9.47 Å². The number of carbonyl (C=O) groups excluding carboxylic acids is 3. The summed E-state index contributed by atoms with van der Waals surface area (Å²) < 4.78 is 25.1. The Kier molecular flexibility index (Phi) is 7.05. The molecule has 188 valence electrons. The fourth-order valence-electron chi connectivity index (χ4n) is 4.17. The molecule has 9 nitrogen and oxygen atoms in total. The highest BCUT2D eigenvalue weighted by molar-refractivity contribution is 6.01. The molecule has 1 N–H and O–H groups in total. The molecule has 2 amide bonds. The van der Waals surface area contributed by atoms with Crippen molar-refractivity contribution in [1.82, 2.24) is 20.0 Å². The molecule has 2 aromatic carbocycles. The van der Waals surface area contributed by atoms with Crippen LogP contribution in [0.4, 0.5) is 4.39 Å². The Morgan fingerprint density at radius 3 is 2.58 bits per heavy atom. The number of para-hydroxylation sites is 1. The lowest BCUT2D eigenvalue weighted by molar-refractivity contribution is -0.133. The van der Waals surface area contributed by atoms with Gasteiger partial charge in [-0.1, -0.05) is 30.3 Å². The molecule has 1 aliphatic rings. The summed E-state index contributed by atoms with van der Waals surface area (Å²) in [5.74, 6) is -1.33. The maximum Gasteiger partial charge on any atom is 0.358 e. The van der Waals surface area contributed by atoms with Gasteiger partial charge in [0.05, 0.1) is 26.8 Å². The number of hydrogen-bond acceptors (Lipinski definition) is 6. The second-order valence-corrected chi connectivity index (χ2v) is 8.58. The zero-order valence-corrected chi connectivity index (χ0v) is 20.3. The first-order valence-corrected chi connectivity index (χ1v) is 11.5. The molecule has 3 aromatic rings. The SMILES string of the molecule is CCOC(=O)c1cc2n(n1)CC(C)(C(=O)NCc1ccc(F)cc1)N(Cc1ccccc1OC)C2=O. The van der Waals surface area contributed by atoms with E-state index in [-0.39, 0.29) is 43.4 Å². The molecule has 4 rings (SSSR count). The van der Waals surface area contributed by atoms with Gasteiger partial charge in [-0.2, -0.15) is 5.10 Å². The van der Waals surface area contributed by atoms with Crippen molar-refractivity contribution in [3.05, 3.63) is 82.9 Å². The number of esters is 1. The molecule has 2 heterocycles. The van der Waals surface area contributed by atoms with Crippen LogP contribution in [0.1, 0.15) is 46.0 Å². The third-order valence-electron chi connectivity index (χ3n) is 6.16. The quantitative estimate of drug-likeness (QED) is 0.483. The highest BCUT2D eigenvalue weighted by Crippen LogP contribution is 2.31. The number of methoxy groups -OCH3 is 1. The normalized spacial score (nSPS) is 16.9. The van der Waals surface area contributed by atoms with Crippen molar-refractivity contribution in [1.29, 1.82) is 0 Å². The van der Waals surface area contributed by atoms with Crippen LogP contribution in [0.15, 0.2) is 54.6 Å². The predicted molar refractivity (Wildman–Crippen MR) is 128 cm³/mol. The van der Waals surface area contributed by atoms with Gasteiger partial charge in [-0.3, -0.25) is 14.3 Å². The van der Waals surface area contributed by atoms with Gasteiger partial charge in [0.25, 0.3) is 5.91 Å². The number of ether oxygens (including phenoxy) is 2. The molecule has 1 atom stereocenters. The third kappa shape index (κ3) is 4.79. The second-order valence-electron chi connectivity index (χ2n) is 8.58. The number of carbonyl (C=O) groups is 3. The Hall–Kier alpha value is -4.21. The van der Waals surface area contributed by atoms with E-state index in [0.717, 1.165) is 0 Å². The zero-order chi connectivity index (χ0) is 25.9. The second kappa shape index (κ2) is 10.2. The minimum atomic E-state index is -1.36. The maximum absolute atomic E-state index is 13.7. The van der Waals surface area contributed by atoms with Crippen molar-refractivity contribution in [3.8, 4) is 5.75 Å². The fraction of sp³-hybridized carbons (Fsp3) is 0.308. The molecule has 36 heavy (non-hydrogen) atoms. The van der Waals surface area contributed by atoms with Gasteiger partial charge in [-0.15, -0.1) is 0 Å². The van der Waals surface area contributed by atoms with Crippen molar-refractivity contribution < 1.29 is 28.2 Å². The Morgan fingerprint density at radius 1 is 1.17 bits per heavy atom. The molecule has 0 aliphatic carbocycles.